The fourth-order valence-electron chi connectivity index (χ4n) is 2.17. The number of nitrogens with zero attached hydrogens (tertiary/aromatic N) is 1. The first-order valence-corrected chi connectivity index (χ1v) is 5.96. The highest BCUT2D eigenvalue weighted by atomic mass is 16.5. The van der Waals surface area contributed by atoms with Crippen LogP contribution in [-0.4, -0.2) is 47.3 Å². The molecule has 0 unspecified atom stereocenters. The number of phenols is 1. The molecular weight excluding hydrogens is 234 g/mol. The molecule has 0 bridgehead atoms. The van der Waals surface area contributed by atoms with Crippen molar-refractivity contribution in [2.45, 2.75) is 18.9 Å². The van der Waals surface area contributed by atoms with Gasteiger partial charge in [0.25, 0.3) is 5.91 Å². The lowest BCUT2D eigenvalue weighted by Crippen LogP contribution is -2.42. The Balaban J connectivity index is 2.23. The smallest absolute Gasteiger partial charge is 0.257 e. The summed E-state index contributed by atoms with van der Waals surface area (Å²) in [6.07, 6.45) is 1.02. The average molecular weight is 251 g/mol. The molecule has 1 fully saturated rings. The number of hydrogen-bond acceptors (Lipinski definition) is 4. The van der Waals surface area contributed by atoms with Gasteiger partial charge in [-0.05, 0) is 25.0 Å². The molecule has 1 amide bonds. The number of β-amino-alcohol motifs (C(OH)–C–C–N with tert-alkyl or cyclic N) is 1. The molecule has 98 valence electrons. The Morgan fingerprint density at radius 2 is 2.28 bits per heavy atom. The second-order valence-corrected chi connectivity index (χ2v) is 4.40. The summed E-state index contributed by atoms with van der Waals surface area (Å²) in [5.74, 6) is -0.145. The summed E-state index contributed by atoms with van der Waals surface area (Å²) in [6, 6.07) is 4.81. The number of piperidine rings is 1. The fraction of sp³-hybridized carbons (Fsp3) is 0.462. The highest BCUT2D eigenvalue weighted by Gasteiger charge is 2.25. The van der Waals surface area contributed by atoms with Crippen molar-refractivity contribution in [1.29, 1.82) is 0 Å². The van der Waals surface area contributed by atoms with Crippen LogP contribution in [0.4, 0.5) is 0 Å². The van der Waals surface area contributed by atoms with Crippen LogP contribution in [0.25, 0.3) is 0 Å². The molecule has 1 aromatic rings. The zero-order valence-corrected chi connectivity index (χ0v) is 10.3. The monoisotopic (exact) mass is 251 g/mol. The number of phenolic OH excluding ortho intramolecular Hbond substituents is 1. The molecule has 0 saturated carbocycles. The zero-order chi connectivity index (χ0) is 13.1. The summed E-state index contributed by atoms with van der Waals surface area (Å²) in [5, 5.41) is 19.5. The number of amides is 1. The first kappa shape index (κ1) is 12.7. The molecule has 18 heavy (non-hydrogen) atoms. The molecule has 1 saturated heterocycles. The van der Waals surface area contributed by atoms with Crippen LogP contribution in [0.15, 0.2) is 18.2 Å². The van der Waals surface area contributed by atoms with Crippen LogP contribution < -0.4 is 4.74 Å². The Kier molecular flexibility index (Phi) is 3.72. The number of carbonyl (C=O) groups is 1. The van der Waals surface area contributed by atoms with Gasteiger partial charge in [-0.25, -0.2) is 0 Å². The predicted octanol–water partition coefficient (Wildman–Crippen LogP) is 0.998. The molecule has 2 N–H and O–H groups in total. The van der Waals surface area contributed by atoms with E-state index < -0.39 is 6.10 Å². The molecule has 1 aliphatic rings. The summed E-state index contributed by atoms with van der Waals surface area (Å²) >= 11 is 0. The molecule has 1 aliphatic heterocycles. The molecule has 5 nitrogen and oxygen atoms in total. The van der Waals surface area contributed by atoms with Crippen molar-refractivity contribution in [3.05, 3.63) is 23.8 Å². The van der Waals surface area contributed by atoms with E-state index in [0.717, 1.165) is 6.42 Å². The van der Waals surface area contributed by atoms with E-state index in [-0.39, 0.29) is 23.0 Å². The van der Waals surface area contributed by atoms with E-state index >= 15 is 0 Å². The van der Waals surface area contributed by atoms with Crippen molar-refractivity contribution in [2.24, 2.45) is 0 Å². The first-order chi connectivity index (χ1) is 8.63. The second-order valence-electron chi connectivity index (χ2n) is 4.40. The third-order valence-corrected chi connectivity index (χ3v) is 3.13. The molecular formula is C13H17NO4. The standard InChI is InChI=1S/C13H17NO4/c1-18-11-6-2-5-10(12(11)16)13(17)14-7-3-4-9(15)8-14/h2,5-6,9,15-16H,3-4,7-8H2,1H3/t9-/m0/s1. The Labute approximate surface area is 106 Å². The van der Waals surface area contributed by atoms with Gasteiger partial charge in [-0.1, -0.05) is 6.07 Å². The summed E-state index contributed by atoms with van der Waals surface area (Å²) in [7, 11) is 1.44. The van der Waals surface area contributed by atoms with Gasteiger partial charge in [0.1, 0.15) is 0 Å². The van der Waals surface area contributed by atoms with Crippen LogP contribution >= 0.6 is 0 Å². The van der Waals surface area contributed by atoms with Gasteiger partial charge >= 0.3 is 0 Å². The third-order valence-electron chi connectivity index (χ3n) is 3.13. The number of aliphatic hydroxyl groups excluding tert-OH is 1. The molecule has 0 aliphatic carbocycles. The van der Waals surface area contributed by atoms with Crippen molar-refractivity contribution in [2.75, 3.05) is 20.2 Å². The van der Waals surface area contributed by atoms with Gasteiger partial charge in [0, 0.05) is 13.1 Å². The summed E-state index contributed by atoms with van der Waals surface area (Å²) in [6.45, 7) is 0.919. The summed E-state index contributed by atoms with van der Waals surface area (Å²) in [5.41, 5.74) is 0.212. The van der Waals surface area contributed by atoms with Gasteiger partial charge in [0.2, 0.25) is 0 Å². The third kappa shape index (κ3) is 2.41. The van der Waals surface area contributed by atoms with Gasteiger partial charge in [0.15, 0.2) is 11.5 Å². The number of rotatable bonds is 2. The van der Waals surface area contributed by atoms with Crippen LogP contribution in [0.2, 0.25) is 0 Å². The van der Waals surface area contributed by atoms with E-state index in [9.17, 15) is 15.0 Å². The van der Waals surface area contributed by atoms with Crippen LogP contribution in [0.5, 0.6) is 11.5 Å². The van der Waals surface area contributed by atoms with E-state index in [0.29, 0.717) is 19.5 Å². The minimum atomic E-state index is -0.476. The molecule has 1 aromatic carbocycles. The second kappa shape index (κ2) is 5.27. The summed E-state index contributed by atoms with van der Waals surface area (Å²) in [4.78, 5) is 13.8. The number of aliphatic hydroxyl groups is 1. The number of likely N-dealkylation sites (tertiary alicyclic amines) is 1. The lowest BCUT2D eigenvalue weighted by molar-refractivity contribution is 0.0471. The van der Waals surface area contributed by atoms with Gasteiger partial charge < -0.3 is 19.8 Å². The minimum absolute atomic E-state index is 0.148. The fourth-order valence-corrected chi connectivity index (χ4v) is 2.17. The number of benzene rings is 1. The van der Waals surface area contributed by atoms with Gasteiger partial charge in [-0.15, -0.1) is 0 Å². The van der Waals surface area contributed by atoms with Gasteiger partial charge in [-0.2, -0.15) is 0 Å². The quantitative estimate of drug-likeness (QED) is 0.822. The number of carbonyl (C=O) groups excluding carboxylic acids is 1. The maximum atomic E-state index is 12.2. The lowest BCUT2D eigenvalue weighted by Gasteiger charge is -2.30. The Bertz CT molecular complexity index is 447. The van der Waals surface area contributed by atoms with Crippen LogP contribution in [0.3, 0.4) is 0 Å². The molecule has 0 aromatic heterocycles. The number of para-hydroxylation sites is 1. The predicted molar refractivity (Wildman–Crippen MR) is 65.8 cm³/mol. The van der Waals surface area contributed by atoms with E-state index in [1.54, 1.807) is 23.1 Å². The highest BCUT2D eigenvalue weighted by molar-refractivity contribution is 5.97. The molecule has 0 radical (unpaired) electrons. The van der Waals surface area contributed by atoms with Gasteiger partial charge in [0.05, 0.1) is 18.8 Å². The Hall–Kier alpha value is -1.75. The van der Waals surface area contributed by atoms with Crippen molar-refractivity contribution in [1.82, 2.24) is 4.90 Å². The molecule has 1 atom stereocenters. The SMILES string of the molecule is COc1cccc(C(=O)N2CCC[C@H](O)C2)c1O. The van der Waals surface area contributed by atoms with Crippen molar-refractivity contribution < 1.29 is 19.7 Å². The zero-order valence-electron chi connectivity index (χ0n) is 10.3. The van der Waals surface area contributed by atoms with Crippen LogP contribution in [-0.2, 0) is 0 Å². The number of hydrogen-bond donors (Lipinski definition) is 2. The largest absolute Gasteiger partial charge is 0.504 e. The van der Waals surface area contributed by atoms with Crippen molar-refractivity contribution >= 4 is 5.91 Å². The first-order valence-electron chi connectivity index (χ1n) is 5.96. The van der Waals surface area contributed by atoms with Crippen LogP contribution in [0.1, 0.15) is 23.2 Å². The van der Waals surface area contributed by atoms with Gasteiger partial charge in [-0.3, -0.25) is 4.79 Å². The Morgan fingerprint density at radius 1 is 1.50 bits per heavy atom. The molecule has 2 rings (SSSR count). The number of ether oxygens (including phenoxy) is 1. The van der Waals surface area contributed by atoms with Crippen molar-refractivity contribution in [3.63, 3.8) is 0 Å². The molecule has 0 spiro atoms. The minimum Gasteiger partial charge on any atom is -0.504 e. The van der Waals surface area contributed by atoms with E-state index in [1.165, 1.54) is 7.11 Å². The highest BCUT2D eigenvalue weighted by Crippen LogP contribution is 2.30. The van der Waals surface area contributed by atoms with E-state index in [2.05, 4.69) is 0 Å². The molecule has 1 heterocycles. The summed E-state index contributed by atoms with van der Waals surface area (Å²) < 4.78 is 4.97. The van der Waals surface area contributed by atoms with E-state index in [4.69, 9.17) is 4.74 Å². The topological polar surface area (TPSA) is 70.0 Å². The van der Waals surface area contributed by atoms with Crippen molar-refractivity contribution in [3.8, 4) is 11.5 Å². The molecule has 5 heteroatoms. The average Bonchev–Trinajstić information content (AvgIpc) is 2.38. The lowest BCUT2D eigenvalue weighted by atomic mass is 10.1. The maximum absolute atomic E-state index is 12.2. The van der Waals surface area contributed by atoms with E-state index in [1.807, 2.05) is 0 Å². The maximum Gasteiger partial charge on any atom is 0.257 e. The number of aromatic hydroxyl groups is 1. The number of methoxy groups -OCH3 is 1. The normalized spacial score (nSPS) is 19.7. The van der Waals surface area contributed by atoms with Crippen LogP contribution in [0, 0.1) is 0 Å². The Morgan fingerprint density at radius 3 is 2.94 bits per heavy atom.